The zero-order valence-corrected chi connectivity index (χ0v) is 38.9. The van der Waals surface area contributed by atoms with E-state index in [-0.39, 0.29) is 64.3 Å². The molecular weight excluding hydrogens is 764 g/mol. The third-order valence-electron chi connectivity index (χ3n) is 17.4. The molecule has 0 aromatic heterocycles. The summed E-state index contributed by atoms with van der Waals surface area (Å²) in [6, 6.07) is 5.79. The number of aliphatic hydroxyl groups is 1. The van der Waals surface area contributed by atoms with E-state index in [9.17, 15) is 29.4 Å². The number of allylic oxidation sites excluding steroid dienone is 1. The number of aliphatic carboxylic acids is 1. The Balaban J connectivity index is 1.29. The molecule has 9 atom stereocenters. The first kappa shape index (κ1) is 45.8. The van der Waals surface area contributed by atoms with E-state index in [1.54, 1.807) is 25.7 Å². The van der Waals surface area contributed by atoms with Gasteiger partial charge in [0.1, 0.15) is 6.10 Å². The maximum absolute atomic E-state index is 14.3. The number of hydrogen-bond acceptors (Lipinski definition) is 7. The average molecular weight is 838 g/mol. The molecule has 1 aromatic rings. The van der Waals surface area contributed by atoms with Crippen LogP contribution in [-0.4, -0.2) is 76.5 Å². The van der Waals surface area contributed by atoms with Crippen LogP contribution in [0.3, 0.4) is 0 Å². The minimum Gasteiger partial charge on any atom is -0.481 e. The number of fused-ring (bicyclic) bond motifs is 7. The van der Waals surface area contributed by atoms with Crippen molar-refractivity contribution in [3.63, 3.8) is 0 Å². The number of aliphatic hydroxyl groups excluding tert-OH is 1. The van der Waals surface area contributed by atoms with Gasteiger partial charge in [-0.2, -0.15) is 0 Å². The molecule has 0 aliphatic heterocycles. The molecular formula is C49H73ClN2O7. The SMILES string of the molecule is CC(=O)N(Cc1ccc(Cl)cc1CN(C)C)CC(O)C12CCC3(C)C(CCC4C5(C)CCC(OC(=O)CC(C)(C)C(=O)O)C(C)(C)C5CCC43C)C1=C(C(C)C)C(=O)C2. The zero-order chi connectivity index (χ0) is 43.8. The highest BCUT2D eigenvalue weighted by Crippen LogP contribution is 2.77. The maximum atomic E-state index is 14.3. The fourth-order valence-corrected chi connectivity index (χ4v) is 14.2. The Labute approximate surface area is 359 Å². The molecule has 5 aliphatic rings. The van der Waals surface area contributed by atoms with Gasteiger partial charge in [0.25, 0.3) is 0 Å². The van der Waals surface area contributed by atoms with Crippen LogP contribution < -0.4 is 0 Å². The van der Waals surface area contributed by atoms with E-state index < -0.39 is 28.9 Å². The van der Waals surface area contributed by atoms with E-state index in [0.29, 0.717) is 42.8 Å². The Morgan fingerprint density at radius 2 is 1.59 bits per heavy atom. The van der Waals surface area contributed by atoms with Gasteiger partial charge in [-0.3, -0.25) is 19.2 Å². The number of ketones is 1. The van der Waals surface area contributed by atoms with Crippen LogP contribution in [0, 0.1) is 56.2 Å². The molecule has 4 fully saturated rings. The first-order valence-electron chi connectivity index (χ1n) is 22.3. The molecule has 9 unspecified atom stereocenters. The van der Waals surface area contributed by atoms with Crippen LogP contribution in [-0.2, 0) is 37.0 Å². The Bertz CT molecular complexity index is 1890. The number of halogens is 1. The van der Waals surface area contributed by atoms with E-state index in [4.69, 9.17) is 16.3 Å². The normalized spacial score (nSPS) is 34.5. The molecule has 4 saturated carbocycles. The molecule has 0 saturated heterocycles. The molecule has 5 aliphatic carbocycles. The number of ether oxygens (including phenoxy) is 1. The molecule has 9 nitrogen and oxygen atoms in total. The Hall–Kier alpha value is -2.75. The number of carboxylic acids is 1. The Morgan fingerprint density at radius 3 is 2.20 bits per heavy atom. The summed E-state index contributed by atoms with van der Waals surface area (Å²) in [6.45, 7) is 22.2. The summed E-state index contributed by atoms with van der Waals surface area (Å²) in [4.78, 5) is 56.5. The molecule has 0 bridgehead atoms. The van der Waals surface area contributed by atoms with Gasteiger partial charge in [-0.1, -0.05) is 71.7 Å². The number of carboxylic acid groups (broad SMARTS) is 1. The van der Waals surface area contributed by atoms with Crippen molar-refractivity contribution in [3.05, 3.63) is 45.5 Å². The lowest BCUT2D eigenvalue weighted by molar-refractivity contribution is -0.235. The Kier molecular flexibility index (Phi) is 12.3. The zero-order valence-electron chi connectivity index (χ0n) is 38.1. The minimum absolute atomic E-state index is 0.0115. The average Bonchev–Trinajstić information content (AvgIpc) is 3.43. The summed E-state index contributed by atoms with van der Waals surface area (Å²) in [6.07, 6.45) is 6.27. The largest absolute Gasteiger partial charge is 0.481 e. The number of amides is 1. The second-order valence-electron chi connectivity index (χ2n) is 22.1. The van der Waals surface area contributed by atoms with Gasteiger partial charge in [0.2, 0.25) is 5.91 Å². The number of Topliss-reactive ketones (excluding diaryl/α,β-unsaturated/α-hetero) is 1. The number of hydrogen-bond donors (Lipinski definition) is 2. The quantitative estimate of drug-likeness (QED) is 0.200. The lowest BCUT2D eigenvalue weighted by Crippen LogP contribution is -2.66. The van der Waals surface area contributed by atoms with Gasteiger partial charge >= 0.3 is 11.9 Å². The van der Waals surface area contributed by atoms with Crippen LogP contribution in [0.2, 0.25) is 5.02 Å². The molecule has 0 heterocycles. The van der Waals surface area contributed by atoms with Gasteiger partial charge in [0.05, 0.1) is 17.9 Å². The van der Waals surface area contributed by atoms with Gasteiger partial charge in [-0.05, 0) is 148 Å². The lowest BCUT2D eigenvalue weighted by Gasteiger charge is -2.72. The second kappa shape index (κ2) is 15.9. The van der Waals surface area contributed by atoms with E-state index >= 15 is 0 Å². The van der Waals surface area contributed by atoms with Crippen molar-refractivity contribution in [2.24, 2.45) is 56.2 Å². The van der Waals surface area contributed by atoms with E-state index in [1.165, 1.54) is 5.57 Å². The molecule has 59 heavy (non-hydrogen) atoms. The molecule has 10 heteroatoms. The van der Waals surface area contributed by atoms with Crippen LogP contribution in [0.5, 0.6) is 0 Å². The lowest BCUT2D eigenvalue weighted by atomic mass is 9.33. The Morgan fingerprint density at radius 1 is 0.915 bits per heavy atom. The minimum atomic E-state index is -1.19. The molecule has 0 spiro atoms. The van der Waals surface area contributed by atoms with Crippen molar-refractivity contribution < 1.29 is 34.1 Å². The molecule has 1 amide bonds. The van der Waals surface area contributed by atoms with E-state index in [1.807, 2.05) is 32.3 Å². The monoisotopic (exact) mass is 837 g/mol. The van der Waals surface area contributed by atoms with Crippen molar-refractivity contribution in [2.75, 3.05) is 20.6 Å². The molecule has 6 rings (SSSR count). The standard InChI is InChI=1S/C49H73ClN2O7/c1-29(2)41-35(54)24-49(38(55)28-52(30(3)53)27-31-13-14-33(50)23-32(31)26-51(11)12)22-21-47(9)34(42(41)49)15-16-37-46(8)19-18-39(59-40(56)25-44(4,5)43(57)58)45(6,7)36(46)17-20-48(37,47)10/h13-14,23,29,34,36-39,55H,15-22,24-28H2,1-12H3,(H,57,58). The fourth-order valence-electron chi connectivity index (χ4n) is 14.0. The topological polar surface area (TPSA) is 124 Å². The highest BCUT2D eigenvalue weighted by atomic mass is 35.5. The third-order valence-corrected chi connectivity index (χ3v) is 17.6. The summed E-state index contributed by atoms with van der Waals surface area (Å²) >= 11 is 6.41. The van der Waals surface area contributed by atoms with Crippen molar-refractivity contribution in [1.82, 2.24) is 9.80 Å². The number of carbonyl (C=O) groups excluding carboxylic acids is 3. The van der Waals surface area contributed by atoms with Crippen LogP contribution in [0.15, 0.2) is 29.3 Å². The molecule has 0 radical (unpaired) electrons. The maximum Gasteiger partial charge on any atom is 0.309 e. The number of carbonyl (C=O) groups is 4. The summed E-state index contributed by atoms with van der Waals surface area (Å²) in [7, 11) is 4.01. The summed E-state index contributed by atoms with van der Waals surface area (Å²) in [5.41, 5.74) is 1.84. The summed E-state index contributed by atoms with van der Waals surface area (Å²) < 4.78 is 6.18. The smallest absolute Gasteiger partial charge is 0.309 e. The predicted octanol–water partition coefficient (Wildman–Crippen LogP) is 9.50. The van der Waals surface area contributed by atoms with Crippen molar-refractivity contribution in [3.8, 4) is 0 Å². The second-order valence-corrected chi connectivity index (χ2v) is 22.6. The van der Waals surface area contributed by atoms with Crippen LogP contribution in [0.4, 0.5) is 0 Å². The van der Waals surface area contributed by atoms with Crippen LogP contribution >= 0.6 is 11.6 Å². The first-order chi connectivity index (χ1) is 27.2. The van der Waals surface area contributed by atoms with Gasteiger partial charge in [0, 0.05) is 48.8 Å². The van der Waals surface area contributed by atoms with Crippen LogP contribution in [0.1, 0.15) is 145 Å². The molecule has 1 aromatic carbocycles. The van der Waals surface area contributed by atoms with Gasteiger partial charge < -0.3 is 24.7 Å². The van der Waals surface area contributed by atoms with Gasteiger partial charge in [-0.15, -0.1) is 0 Å². The van der Waals surface area contributed by atoms with Gasteiger partial charge in [0.15, 0.2) is 5.78 Å². The highest BCUT2D eigenvalue weighted by molar-refractivity contribution is 6.30. The number of rotatable bonds is 12. The van der Waals surface area contributed by atoms with Crippen molar-refractivity contribution in [2.45, 2.75) is 159 Å². The third kappa shape index (κ3) is 7.63. The summed E-state index contributed by atoms with van der Waals surface area (Å²) in [5.74, 6) is -0.471. The van der Waals surface area contributed by atoms with E-state index in [2.05, 4.69) is 53.4 Å². The predicted molar refractivity (Wildman–Crippen MR) is 231 cm³/mol. The highest BCUT2D eigenvalue weighted by Gasteiger charge is 2.71. The summed E-state index contributed by atoms with van der Waals surface area (Å²) in [5, 5.41) is 22.9. The number of nitrogens with zero attached hydrogens (tertiary/aromatic N) is 2. The van der Waals surface area contributed by atoms with Crippen molar-refractivity contribution in [1.29, 1.82) is 0 Å². The van der Waals surface area contributed by atoms with E-state index in [0.717, 1.165) is 61.6 Å². The molecule has 2 N–H and O–H groups in total. The van der Waals surface area contributed by atoms with Gasteiger partial charge in [-0.25, -0.2) is 0 Å². The molecule has 328 valence electrons. The fraction of sp³-hybridized carbons (Fsp3) is 0.755. The number of benzene rings is 1. The number of esters is 1. The van der Waals surface area contributed by atoms with Crippen LogP contribution in [0.25, 0.3) is 0 Å². The van der Waals surface area contributed by atoms with Crippen molar-refractivity contribution >= 4 is 35.2 Å². The first-order valence-corrected chi connectivity index (χ1v) is 22.7.